The second-order valence-corrected chi connectivity index (χ2v) is 10.4. The molecule has 1 aromatic heterocycles. The van der Waals surface area contributed by atoms with Crippen molar-refractivity contribution in [3.63, 3.8) is 0 Å². The quantitative estimate of drug-likeness (QED) is 0.570. The standard InChI is InChI=1S/C24H29N3O6S/c1-2-33-24(30)18-8-5-11-27(15-18)22-21(23(28)29)13-19(14-25-22)26-34(31,32)20-10-9-16-6-3-4-7-17(16)12-20/h9-10,12-14,18,26H,2-8,11,15H2,1H3,(H,28,29)/t18-/m0/s1. The van der Waals surface area contributed by atoms with Gasteiger partial charge in [-0.25, -0.2) is 18.2 Å². The van der Waals surface area contributed by atoms with Crippen molar-refractivity contribution in [2.75, 3.05) is 29.3 Å². The predicted molar refractivity (Wildman–Crippen MR) is 127 cm³/mol. The van der Waals surface area contributed by atoms with Crippen LogP contribution in [0.4, 0.5) is 11.5 Å². The number of ether oxygens (including phenoxy) is 1. The number of aryl methyl sites for hydroxylation is 2. The van der Waals surface area contributed by atoms with E-state index < -0.39 is 16.0 Å². The molecule has 1 atom stereocenters. The van der Waals surface area contributed by atoms with Crippen LogP contribution in [0, 0.1) is 5.92 Å². The van der Waals surface area contributed by atoms with E-state index in [0.29, 0.717) is 25.9 Å². The molecule has 1 aromatic carbocycles. The Balaban J connectivity index is 1.57. The number of benzene rings is 1. The lowest BCUT2D eigenvalue weighted by Gasteiger charge is -2.33. The summed E-state index contributed by atoms with van der Waals surface area (Å²) in [5.41, 5.74) is 2.15. The number of aromatic carboxylic acids is 1. The number of esters is 1. The second-order valence-electron chi connectivity index (χ2n) is 8.68. The molecule has 1 aliphatic heterocycles. The van der Waals surface area contributed by atoms with Crippen molar-refractivity contribution < 1.29 is 27.9 Å². The number of carboxylic acid groups (broad SMARTS) is 1. The van der Waals surface area contributed by atoms with Crippen LogP contribution in [0.5, 0.6) is 0 Å². The molecule has 4 rings (SSSR count). The van der Waals surface area contributed by atoms with Gasteiger partial charge in [0.15, 0.2) is 0 Å². The van der Waals surface area contributed by atoms with E-state index in [0.717, 1.165) is 31.2 Å². The number of nitrogens with one attached hydrogen (secondary N) is 1. The SMILES string of the molecule is CCOC(=O)[C@H]1CCCN(c2ncc(NS(=O)(=O)c3ccc4c(c3)CCCC4)cc2C(=O)O)C1. The molecule has 182 valence electrons. The maximum absolute atomic E-state index is 13.0. The second kappa shape index (κ2) is 10.0. The van der Waals surface area contributed by atoms with Crippen LogP contribution in [0.1, 0.15) is 54.1 Å². The summed E-state index contributed by atoms with van der Waals surface area (Å²) in [6.45, 7) is 2.87. The summed E-state index contributed by atoms with van der Waals surface area (Å²) in [7, 11) is -3.91. The first kappa shape index (κ1) is 24.0. The number of carbonyl (C=O) groups is 2. The van der Waals surface area contributed by atoms with Gasteiger partial charge in [0, 0.05) is 13.1 Å². The third kappa shape index (κ3) is 5.16. The van der Waals surface area contributed by atoms with E-state index in [2.05, 4.69) is 9.71 Å². The molecular formula is C24H29N3O6S. The molecule has 1 fully saturated rings. The number of sulfonamides is 1. The molecule has 2 heterocycles. The lowest BCUT2D eigenvalue weighted by Crippen LogP contribution is -2.40. The van der Waals surface area contributed by atoms with Gasteiger partial charge in [0.25, 0.3) is 10.0 Å². The minimum absolute atomic E-state index is 0.0674. The summed E-state index contributed by atoms with van der Waals surface area (Å²) < 4.78 is 33.6. The van der Waals surface area contributed by atoms with Gasteiger partial charge in [-0.3, -0.25) is 9.52 Å². The van der Waals surface area contributed by atoms with Crippen molar-refractivity contribution in [1.29, 1.82) is 0 Å². The molecule has 0 saturated carbocycles. The van der Waals surface area contributed by atoms with E-state index in [1.807, 2.05) is 6.07 Å². The Morgan fingerprint density at radius 2 is 1.94 bits per heavy atom. The van der Waals surface area contributed by atoms with Crippen molar-refractivity contribution in [2.24, 2.45) is 5.92 Å². The normalized spacial score (nSPS) is 18.1. The van der Waals surface area contributed by atoms with E-state index in [9.17, 15) is 23.1 Å². The van der Waals surface area contributed by atoms with E-state index in [1.54, 1.807) is 24.0 Å². The van der Waals surface area contributed by atoms with Crippen LogP contribution in [-0.2, 0) is 32.4 Å². The third-order valence-corrected chi connectivity index (χ3v) is 7.70. The van der Waals surface area contributed by atoms with Gasteiger partial charge in [-0.2, -0.15) is 0 Å². The fourth-order valence-electron chi connectivity index (χ4n) is 4.64. The molecule has 0 radical (unpaired) electrons. The first-order chi connectivity index (χ1) is 16.3. The summed E-state index contributed by atoms with van der Waals surface area (Å²) in [5.74, 6) is -1.69. The number of rotatable bonds is 7. The summed E-state index contributed by atoms with van der Waals surface area (Å²) in [5, 5.41) is 9.79. The van der Waals surface area contributed by atoms with Gasteiger partial charge in [0.1, 0.15) is 11.4 Å². The Labute approximate surface area is 199 Å². The average Bonchev–Trinajstić information content (AvgIpc) is 2.83. The molecule has 0 spiro atoms. The minimum Gasteiger partial charge on any atom is -0.478 e. The summed E-state index contributed by atoms with van der Waals surface area (Å²) in [6, 6.07) is 6.40. The number of piperidine rings is 1. The number of carboxylic acids is 1. The summed E-state index contributed by atoms with van der Waals surface area (Å²) in [4.78, 5) is 30.3. The third-order valence-electron chi connectivity index (χ3n) is 6.32. The van der Waals surface area contributed by atoms with Crippen LogP contribution in [0.25, 0.3) is 0 Å². The maximum Gasteiger partial charge on any atom is 0.339 e. The number of anilines is 2. The van der Waals surface area contributed by atoms with Crippen molar-refractivity contribution in [1.82, 2.24) is 4.98 Å². The van der Waals surface area contributed by atoms with Crippen LogP contribution in [0.3, 0.4) is 0 Å². The van der Waals surface area contributed by atoms with Crippen LogP contribution in [0.15, 0.2) is 35.4 Å². The number of pyridine rings is 1. The molecule has 0 bridgehead atoms. The Hall–Kier alpha value is -3.14. The lowest BCUT2D eigenvalue weighted by molar-refractivity contribution is -0.148. The Morgan fingerprint density at radius 3 is 2.68 bits per heavy atom. The van der Waals surface area contributed by atoms with Crippen LogP contribution in [0.2, 0.25) is 0 Å². The lowest BCUT2D eigenvalue weighted by atomic mass is 9.92. The zero-order chi connectivity index (χ0) is 24.3. The first-order valence-electron chi connectivity index (χ1n) is 11.6. The Kier molecular flexibility index (Phi) is 7.06. The fourth-order valence-corrected chi connectivity index (χ4v) is 5.72. The van der Waals surface area contributed by atoms with Crippen molar-refractivity contribution >= 4 is 33.5 Å². The molecule has 1 aliphatic carbocycles. The highest BCUT2D eigenvalue weighted by atomic mass is 32.2. The molecule has 0 unspecified atom stereocenters. The predicted octanol–water partition coefficient (Wildman–Crippen LogP) is 3.24. The number of hydrogen-bond donors (Lipinski definition) is 2. The van der Waals surface area contributed by atoms with Crippen LogP contribution in [-0.4, -0.2) is 50.1 Å². The first-order valence-corrected chi connectivity index (χ1v) is 13.1. The fraction of sp³-hybridized carbons (Fsp3) is 0.458. The number of hydrogen-bond acceptors (Lipinski definition) is 7. The summed E-state index contributed by atoms with van der Waals surface area (Å²) in [6.07, 6.45) is 6.60. The Bertz CT molecular complexity index is 1200. The highest BCUT2D eigenvalue weighted by molar-refractivity contribution is 7.92. The Morgan fingerprint density at radius 1 is 1.18 bits per heavy atom. The molecule has 2 aliphatic rings. The van der Waals surface area contributed by atoms with Crippen LogP contribution >= 0.6 is 0 Å². The van der Waals surface area contributed by atoms with E-state index in [4.69, 9.17) is 4.74 Å². The molecule has 10 heteroatoms. The van der Waals surface area contributed by atoms with E-state index >= 15 is 0 Å². The van der Waals surface area contributed by atoms with Crippen molar-refractivity contribution in [3.05, 3.63) is 47.2 Å². The maximum atomic E-state index is 13.0. The monoisotopic (exact) mass is 487 g/mol. The highest BCUT2D eigenvalue weighted by Gasteiger charge is 2.30. The smallest absolute Gasteiger partial charge is 0.339 e. The van der Waals surface area contributed by atoms with Gasteiger partial charge in [0.05, 0.1) is 29.3 Å². The van der Waals surface area contributed by atoms with Crippen LogP contribution < -0.4 is 9.62 Å². The molecule has 0 amide bonds. The van der Waals surface area contributed by atoms with Gasteiger partial charge in [-0.05, 0) is 74.8 Å². The van der Waals surface area contributed by atoms with Gasteiger partial charge in [-0.15, -0.1) is 0 Å². The minimum atomic E-state index is -3.91. The van der Waals surface area contributed by atoms with Gasteiger partial charge in [0.2, 0.25) is 0 Å². The summed E-state index contributed by atoms with van der Waals surface area (Å²) >= 11 is 0. The number of carbonyl (C=O) groups excluding carboxylic acids is 1. The highest BCUT2D eigenvalue weighted by Crippen LogP contribution is 2.29. The molecule has 34 heavy (non-hydrogen) atoms. The average molecular weight is 488 g/mol. The van der Waals surface area contributed by atoms with E-state index in [-0.39, 0.29) is 40.5 Å². The van der Waals surface area contributed by atoms with Gasteiger partial charge < -0.3 is 14.7 Å². The van der Waals surface area contributed by atoms with Crippen molar-refractivity contribution in [2.45, 2.75) is 50.3 Å². The topological polar surface area (TPSA) is 126 Å². The molecule has 1 saturated heterocycles. The zero-order valence-electron chi connectivity index (χ0n) is 19.1. The van der Waals surface area contributed by atoms with Gasteiger partial charge in [-0.1, -0.05) is 6.07 Å². The number of nitrogens with zero attached hydrogens (tertiary/aromatic N) is 2. The molecule has 2 N–H and O–H groups in total. The molecule has 9 nitrogen and oxygen atoms in total. The number of fused-ring (bicyclic) bond motifs is 1. The van der Waals surface area contributed by atoms with E-state index in [1.165, 1.54) is 17.8 Å². The zero-order valence-corrected chi connectivity index (χ0v) is 19.9. The van der Waals surface area contributed by atoms with Gasteiger partial charge >= 0.3 is 11.9 Å². The van der Waals surface area contributed by atoms with Crippen molar-refractivity contribution in [3.8, 4) is 0 Å². The number of aromatic nitrogens is 1. The largest absolute Gasteiger partial charge is 0.478 e. The molecule has 2 aromatic rings. The molecular weight excluding hydrogens is 458 g/mol.